The number of fused-ring (bicyclic) bond motifs is 1. The topological polar surface area (TPSA) is 96.0 Å². The molecule has 1 heterocycles. The molecule has 122 valence electrons. The summed E-state index contributed by atoms with van der Waals surface area (Å²) in [6, 6.07) is 10.6. The maximum atomic E-state index is 12.4. The third kappa shape index (κ3) is 3.12. The SMILES string of the molecule is O=C(Nc1ccccc1)Nn1c(=O)[nH]c2cc(Cl)cc(Cl)c2c1=O. The van der Waals surface area contributed by atoms with Crippen molar-refractivity contribution in [3.05, 3.63) is 73.3 Å². The van der Waals surface area contributed by atoms with E-state index >= 15 is 0 Å². The number of anilines is 1. The number of nitrogens with zero attached hydrogens (tertiary/aromatic N) is 1. The number of aromatic nitrogens is 2. The minimum Gasteiger partial charge on any atom is -0.307 e. The number of para-hydroxylation sites is 1. The van der Waals surface area contributed by atoms with E-state index in [0.717, 1.165) is 0 Å². The molecule has 2 amide bonds. The summed E-state index contributed by atoms with van der Waals surface area (Å²) in [5.41, 5.74) is 1.28. The van der Waals surface area contributed by atoms with Gasteiger partial charge in [-0.1, -0.05) is 41.4 Å². The fraction of sp³-hybridized carbons (Fsp3) is 0. The quantitative estimate of drug-likeness (QED) is 0.652. The Morgan fingerprint density at radius 3 is 2.50 bits per heavy atom. The van der Waals surface area contributed by atoms with Crippen LogP contribution in [0.15, 0.2) is 52.1 Å². The fourth-order valence-corrected chi connectivity index (χ4v) is 2.72. The Morgan fingerprint density at radius 1 is 1.08 bits per heavy atom. The van der Waals surface area contributed by atoms with Crippen molar-refractivity contribution in [2.45, 2.75) is 0 Å². The fourth-order valence-electron chi connectivity index (χ4n) is 2.15. The van der Waals surface area contributed by atoms with Crippen LogP contribution in [0.1, 0.15) is 0 Å². The molecule has 7 nitrogen and oxygen atoms in total. The molecule has 0 aliphatic rings. The first kappa shape index (κ1) is 16.1. The molecule has 0 saturated heterocycles. The van der Waals surface area contributed by atoms with E-state index in [1.165, 1.54) is 12.1 Å². The third-order valence-corrected chi connectivity index (χ3v) is 3.68. The van der Waals surface area contributed by atoms with E-state index in [1.54, 1.807) is 30.3 Å². The predicted octanol–water partition coefficient (Wildman–Crippen LogP) is 2.77. The van der Waals surface area contributed by atoms with Crippen LogP contribution in [-0.4, -0.2) is 15.7 Å². The highest BCUT2D eigenvalue weighted by Crippen LogP contribution is 2.23. The highest BCUT2D eigenvalue weighted by Gasteiger charge is 2.13. The van der Waals surface area contributed by atoms with Gasteiger partial charge < -0.3 is 10.3 Å². The molecule has 2 aromatic carbocycles. The minimum atomic E-state index is -0.825. The van der Waals surface area contributed by atoms with Gasteiger partial charge in [-0.3, -0.25) is 4.79 Å². The number of nitrogens with one attached hydrogen (secondary N) is 3. The van der Waals surface area contributed by atoms with Crippen molar-refractivity contribution in [1.82, 2.24) is 9.66 Å². The molecule has 1 aromatic heterocycles. The van der Waals surface area contributed by atoms with Gasteiger partial charge in [-0.25, -0.2) is 15.0 Å². The number of carbonyl (C=O) groups is 1. The van der Waals surface area contributed by atoms with Gasteiger partial charge in [0.1, 0.15) is 0 Å². The lowest BCUT2D eigenvalue weighted by Gasteiger charge is -2.10. The van der Waals surface area contributed by atoms with Crippen molar-refractivity contribution in [3.63, 3.8) is 0 Å². The Labute approximate surface area is 144 Å². The lowest BCUT2D eigenvalue weighted by molar-refractivity contribution is 0.259. The second-order valence-electron chi connectivity index (χ2n) is 4.81. The molecular weight excluding hydrogens is 355 g/mol. The molecule has 0 fully saturated rings. The van der Waals surface area contributed by atoms with Gasteiger partial charge in [0.25, 0.3) is 5.56 Å². The van der Waals surface area contributed by atoms with E-state index in [1.807, 2.05) is 0 Å². The van der Waals surface area contributed by atoms with E-state index in [0.29, 0.717) is 10.4 Å². The Hall–Kier alpha value is -2.77. The summed E-state index contributed by atoms with van der Waals surface area (Å²) in [4.78, 5) is 38.9. The highest BCUT2D eigenvalue weighted by molar-refractivity contribution is 6.38. The zero-order valence-corrected chi connectivity index (χ0v) is 13.5. The van der Waals surface area contributed by atoms with E-state index in [-0.39, 0.29) is 20.9 Å². The summed E-state index contributed by atoms with van der Waals surface area (Å²) in [6.07, 6.45) is 0. The number of H-pyrrole nitrogens is 1. The number of halogens is 2. The zero-order chi connectivity index (χ0) is 17.3. The second-order valence-corrected chi connectivity index (χ2v) is 5.66. The molecule has 0 radical (unpaired) electrons. The van der Waals surface area contributed by atoms with Crippen LogP contribution in [0.2, 0.25) is 10.0 Å². The summed E-state index contributed by atoms with van der Waals surface area (Å²) in [7, 11) is 0. The Morgan fingerprint density at radius 2 is 1.79 bits per heavy atom. The number of carbonyl (C=O) groups excluding carboxylic acids is 1. The zero-order valence-electron chi connectivity index (χ0n) is 12.0. The van der Waals surface area contributed by atoms with Crippen molar-refractivity contribution in [1.29, 1.82) is 0 Å². The van der Waals surface area contributed by atoms with E-state index in [4.69, 9.17) is 23.2 Å². The van der Waals surface area contributed by atoms with E-state index < -0.39 is 17.3 Å². The van der Waals surface area contributed by atoms with Crippen molar-refractivity contribution >= 4 is 45.8 Å². The number of rotatable bonds is 2. The lowest BCUT2D eigenvalue weighted by atomic mass is 10.2. The molecule has 0 bridgehead atoms. The first-order chi connectivity index (χ1) is 11.5. The number of amides is 2. The lowest BCUT2D eigenvalue weighted by Crippen LogP contribution is -2.45. The standard InChI is InChI=1S/C15H10Cl2N4O3/c16-8-6-10(17)12-11(7-8)19-15(24)21(13(12)22)20-14(23)18-9-4-2-1-3-5-9/h1-7H,(H,19,24)(H2,18,20,23). The first-order valence-corrected chi connectivity index (χ1v) is 7.48. The minimum absolute atomic E-state index is 0.0423. The van der Waals surface area contributed by atoms with Gasteiger partial charge in [0.2, 0.25) is 0 Å². The molecule has 0 aliphatic heterocycles. The molecule has 0 saturated carbocycles. The van der Waals surface area contributed by atoms with Gasteiger partial charge >= 0.3 is 11.7 Å². The summed E-state index contributed by atoms with van der Waals surface area (Å²) >= 11 is 11.9. The number of hydrogen-bond acceptors (Lipinski definition) is 3. The second kappa shape index (κ2) is 6.38. The van der Waals surface area contributed by atoms with Crippen LogP contribution in [0.4, 0.5) is 10.5 Å². The van der Waals surface area contributed by atoms with Gasteiger partial charge in [0, 0.05) is 10.7 Å². The molecule has 0 unspecified atom stereocenters. The van der Waals surface area contributed by atoms with E-state index in [2.05, 4.69) is 15.7 Å². The summed E-state index contributed by atoms with van der Waals surface area (Å²) in [5.74, 6) is 0. The number of benzene rings is 2. The van der Waals surface area contributed by atoms with Crippen LogP contribution in [0.3, 0.4) is 0 Å². The number of hydrogen-bond donors (Lipinski definition) is 3. The van der Waals surface area contributed by atoms with Crippen molar-refractivity contribution < 1.29 is 4.79 Å². The summed E-state index contributed by atoms with van der Waals surface area (Å²) in [5, 5.41) is 2.88. The first-order valence-electron chi connectivity index (χ1n) is 6.73. The summed E-state index contributed by atoms with van der Waals surface area (Å²) < 4.78 is 0.542. The van der Waals surface area contributed by atoms with Crippen molar-refractivity contribution in [2.24, 2.45) is 0 Å². The van der Waals surface area contributed by atoms with E-state index in [9.17, 15) is 14.4 Å². The Kier molecular flexibility index (Phi) is 4.28. The molecule has 3 rings (SSSR count). The van der Waals surface area contributed by atoms with Gasteiger partial charge in [-0.15, -0.1) is 0 Å². The van der Waals surface area contributed by atoms with Gasteiger partial charge in [-0.05, 0) is 24.3 Å². The monoisotopic (exact) mass is 364 g/mol. The smallest absolute Gasteiger partial charge is 0.307 e. The Bertz CT molecular complexity index is 1040. The Balaban J connectivity index is 1.99. The number of urea groups is 1. The highest BCUT2D eigenvalue weighted by atomic mass is 35.5. The molecule has 0 aliphatic carbocycles. The molecule has 24 heavy (non-hydrogen) atoms. The largest absolute Gasteiger partial charge is 0.348 e. The van der Waals surface area contributed by atoms with Crippen LogP contribution in [0.5, 0.6) is 0 Å². The van der Waals surface area contributed by atoms with Gasteiger partial charge in [0.15, 0.2) is 0 Å². The average molecular weight is 365 g/mol. The number of aromatic amines is 1. The van der Waals surface area contributed by atoms with Crippen LogP contribution in [0, 0.1) is 0 Å². The maximum absolute atomic E-state index is 12.4. The maximum Gasteiger partial charge on any atom is 0.348 e. The molecule has 9 heteroatoms. The van der Waals surface area contributed by atoms with Crippen molar-refractivity contribution in [2.75, 3.05) is 10.7 Å². The van der Waals surface area contributed by atoms with Crippen LogP contribution < -0.4 is 22.0 Å². The molecule has 3 N–H and O–H groups in total. The third-order valence-electron chi connectivity index (χ3n) is 3.16. The van der Waals surface area contributed by atoms with Crippen LogP contribution in [0.25, 0.3) is 10.9 Å². The van der Waals surface area contributed by atoms with Crippen LogP contribution in [-0.2, 0) is 0 Å². The molecular formula is C15H10Cl2N4O3. The summed E-state index contributed by atoms with van der Waals surface area (Å²) in [6.45, 7) is 0. The van der Waals surface area contributed by atoms with Gasteiger partial charge in [0.05, 0.1) is 15.9 Å². The van der Waals surface area contributed by atoms with Gasteiger partial charge in [-0.2, -0.15) is 4.68 Å². The molecule has 0 atom stereocenters. The normalized spacial score (nSPS) is 10.6. The average Bonchev–Trinajstić information content (AvgIpc) is 2.51. The van der Waals surface area contributed by atoms with Crippen molar-refractivity contribution in [3.8, 4) is 0 Å². The molecule has 3 aromatic rings. The van der Waals surface area contributed by atoms with Crippen LogP contribution >= 0.6 is 23.2 Å². The predicted molar refractivity (Wildman–Crippen MR) is 93.7 cm³/mol. The molecule has 0 spiro atoms.